The van der Waals surface area contributed by atoms with Crippen molar-refractivity contribution in [2.24, 2.45) is 0 Å². The predicted octanol–water partition coefficient (Wildman–Crippen LogP) is 2.91. The van der Waals surface area contributed by atoms with Gasteiger partial charge in [-0.05, 0) is 30.2 Å². The third kappa shape index (κ3) is 3.98. The SMILES string of the molecule is CCOC(=O)C1=C(COC(=O)c2cccc3ccccc23)NC(=O)N[C@@H]1CC. The van der Waals surface area contributed by atoms with Gasteiger partial charge in [0.1, 0.15) is 6.61 Å². The first-order valence-electron chi connectivity index (χ1n) is 9.17. The lowest BCUT2D eigenvalue weighted by molar-refractivity contribution is -0.139. The summed E-state index contributed by atoms with van der Waals surface area (Å²) >= 11 is 0. The van der Waals surface area contributed by atoms with Crippen molar-refractivity contribution in [3.05, 3.63) is 59.3 Å². The van der Waals surface area contributed by atoms with Gasteiger partial charge in [-0.1, -0.05) is 43.3 Å². The minimum atomic E-state index is -0.543. The van der Waals surface area contributed by atoms with Crippen LogP contribution in [0.1, 0.15) is 30.6 Å². The lowest BCUT2D eigenvalue weighted by Gasteiger charge is -2.28. The number of amides is 2. The van der Waals surface area contributed by atoms with E-state index in [-0.39, 0.29) is 24.5 Å². The number of ether oxygens (including phenoxy) is 2. The average Bonchev–Trinajstić information content (AvgIpc) is 2.71. The molecule has 7 heteroatoms. The van der Waals surface area contributed by atoms with E-state index in [9.17, 15) is 14.4 Å². The summed E-state index contributed by atoms with van der Waals surface area (Å²) in [4.78, 5) is 36.9. The number of hydrogen-bond acceptors (Lipinski definition) is 5. The van der Waals surface area contributed by atoms with Crippen LogP contribution in [-0.2, 0) is 14.3 Å². The van der Waals surface area contributed by atoms with Crippen LogP contribution in [0.3, 0.4) is 0 Å². The van der Waals surface area contributed by atoms with Gasteiger partial charge in [-0.25, -0.2) is 14.4 Å². The summed E-state index contributed by atoms with van der Waals surface area (Å²) in [5, 5.41) is 6.94. The molecule has 2 N–H and O–H groups in total. The molecule has 0 aromatic heterocycles. The standard InChI is InChI=1S/C21H22N2O5/c1-3-16-18(20(25)27-4-2)17(23-21(26)22-16)12-28-19(24)15-11-7-9-13-8-5-6-10-14(13)15/h5-11,16H,3-4,12H2,1-2H3,(H2,22,23,26)/t16-/m1/s1. The Bertz CT molecular complexity index is 945. The molecule has 146 valence electrons. The maximum atomic E-state index is 12.6. The number of nitrogens with one attached hydrogen (secondary N) is 2. The minimum absolute atomic E-state index is 0.204. The molecule has 3 rings (SSSR count). The zero-order valence-corrected chi connectivity index (χ0v) is 15.8. The molecule has 2 aromatic rings. The van der Waals surface area contributed by atoms with E-state index in [1.54, 1.807) is 19.1 Å². The third-order valence-corrected chi connectivity index (χ3v) is 4.50. The second-order valence-corrected chi connectivity index (χ2v) is 6.27. The summed E-state index contributed by atoms with van der Waals surface area (Å²) < 4.78 is 10.5. The van der Waals surface area contributed by atoms with Gasteiger partial charge in [0.05, 0.1) is 29.5 Å². The van der Waals surface area contributed by atoms with Crippen LogP contribution in [0.4, 0.5) is 4.79 Å². The Kier molecular flexibility index (Phi) is 5.93. The van der Waals surface area contributed by atoms with E-state index in [2.05, 4.69) is 10.6 Å². The summed E-state index contributed by atoms with van der Waals surface area (Å²) in [5.74, 6) is -1.08. The van der Waals surface area contributed by atoms with Gasteiger partial charge in [0.25, 0.3) is 0 Å². The summed E-state index contributed by atoms with van der Waals surface area (Å²) in [6, 6.07) is 11.9. The molecule has 0 fully saturated rings. The van der Waals surface area contributed by atoms with Crippen LogP contribution in [0.25, 0.3) is 10.8 Å². The van der Waals surface area contributed by atoms with Gasteiger partial charge in [-0.2, -0.15) is 0 Å². The second kappa shape index (κ2) is 8.56. The average molecular weight is 382 g/mol. The number of esters is 2. The fourth-order valence-electron chi connectivity index (χ4n) is 3.19. The fourth-order valence-corrected chi connectivity index (χ4v) is 3.19. The van der Waals surface area contributed by atoms with E-state index in [0.717, 1.165) is 10.8 Å². The number of rotatable bonds is 6. The molecule has 2 amide bonds. The van der Waals surface area contributed by atoms with Crippen molar-refractivity contribution in [1.29, 1.82) is 0 Å². The Hall–Kier alpha value is -3.35. The molecule has 1 atom stereocenters. The van der Waals surface area contributed by atoms with Crippen molar-refractivity contribution in [3.63, 3.8) is 0 Å². The number of hydrogen-bond donors (Lipinski definition) is 2. The van der Waals surface area contributed by atoms with Gasteiger partial charge in [0.2, 0.25) is 0 Å². The van der Waals surface area contributed by atoms with Crippen molar-refractivity contribution in [3.8, 4) is 0 Å². The Morgan fingerprint density at radius 3 is 2.50 bits per heavy atom. The molecule has 28 heavy (non-hydrogen) atoms. The summed E-state index contributed by atoms with van der Waals surface area (Å²) in [6.07, 6.45) is 0.502. The molecule has 0 bridgehead atoms. The Morgan fingerprint density at radius 2 is 1.75 bits per heavy atom. The van der Waals surface area contributed by atoms with Gasteiger partial charge in [0, 0.05) is 0 Å². The monoisotopic (exact) mass is 382 g/mol. The summed E-state index contributed by atoms with van der Waals surface area (Å²) in [6.45, 7) is 3.51. The second-order valence-electron chi connectivity index (χ2n) is 6.27. The van der Waals surface area contributed by atoms with Crippen molar-refractivity contribution in [1.82, 2.24) is 10.6 Å². The topological polar surface area (TPSA) is 93.7 Å². The molecule has 0 aliphatic carbocycles. The van der Waals surface area contributed by atoms with E-state index in [1.807, 2.05) is 37.3 Å². The van der Waals surface area contributed by atoms with E-state index in [1.165, 1.54) is 0 Å². The molecule has 0 saturated heterocycles. The molecule has 0 saturated carbocycles. The number of benzene rings is 2. The van der Waals surface area contributed by atoms with E-state index in [0.29, 0.717) is 12.0 Å². The molecule has 1 heterocycles. The molecule has 7 nitrogen and oxygen atoms in total. The van der Waals surface area contributed by atoms with Gasteiger partial charge in [-0.15, -0.1) is 0 Å². The first-order chi connectivity index (χ1) is 13.5. The van der Waals surface area contributed by atoms with E-state index >= 15 is 0 Å². The van der Waals surface area contributed by atoms with Gasteiger partial charge < -0.3 is 20.1 Å². The van der Waals surface area contributed by atoms with Crippen LogP contribution in [0, 0.1) is 0 Å². The first kappa shape index (κ1) is 19.4. The quantitative estimate of drug-likeness (QED) is 0.750. The minimum Gasteiger partial charge on any atom is -0.463 e. The maximum absolute atomic E-state index is 12.6. The highest BCUT2D eigenvalue weighted by atomic mass is 16.5. The Balaban J connectivity index is 1.86. The van der Waals surface area contributed by atoms with Gasteiger partial charge >= 0.3 is 18.0 Å². The van der Waals surface area contributed by atoms with Crippen LogP contribution in [-0.4, -0.2) is 37.2 Å². The van der Waals surface area contributed by atoms with E-state index < -0.39 is 24.0 Å². The lowest BCUT2D eigenvalue weighted by atomic mass is 10.0. The lowest BCUT2D eigenvalue weighted by Crippen LogP contribution is -2.51. The normalized spacial score (nSPS) is 16.4. The van der Waals surface area contributed by atoms with Crippen LogP contribution in [0.2, 0.25) is 0 Å². The molecule has 0 spiro atoms. The van der Waals surface area contributed by atoms with Gasteiger partial charge in [0.15, 0.2) is 0 Å². The maximum Gasteiger partial charge on any atom is 0.339 e. The van der Waals surface area contributed by atoms with Crippen LogP contribution in [0.15, 0.2) is 53.7 Å². The van der Waals surface area contributed by atoms with E-state index in [4.69, 9.17) is 9.47 Å². The molecule has 2 aromatic carbocycles. The smallest absolute Gasteiger partial charge is 0.339 e. The van der Waals surface area contributed by atoms with Crippen molar-refractivity contribution >= 4 is 28.7 Å². The van der Waals surface area contributed by atoms with Crippen LogP contribution < -0.4 is 10.6 Å². The number of fused-ring (bicyclic) bond motifs is 1. The summed E-state index contributed by atoms with van der Waals surface area (Å²) in [5.41, 5.74) is 0.931. The molecule has 1 aliphatic rings. The van der Waals surface area contributed by atoms with Crippen LogP contribution >= 0.6 is 0 Å². The highest BCUT2D eigenvalue weighted by Gasteiger charge is 2.32. The molecular formula is C21H22N2O5. The molecule has 0 unspecified atom stereocenters. The highest BCUT2D eigenvalue weighted by molar-refractivity contribution is 6.04. The highest BCUT2D eigenvalue weighted by Crippen LogP contribution is 2.21. The van der Waals surface area contributed by atoms with Gasteiger partial charge in [-0.3, -0.25) is 0 Å². The predicted molar refractivity (Wildman–Crippen MR) is 104 cm³/mol. The number of carbonyl (C=O) groups excluding carboxylic acids is 3. The van der Waals surface area contributed by atoms with Crippen molar-refractivity contribution in [2.45, 2.75) is 26.3 Å². The van der Waals surface area contributed by atoms with Crippen molar-refractivity contribution in [2.75, 3.05) is 13.2 Å². The Morgan fingerprint density at radius 1 is 1.00 bits per heavy atom. The largest absolute Gasteiger partial charge is 0.463 e. The van der Waals surface area contributed by atoms with Crippen molar-refractivity contribution < 1.29 is 23.9 Å². The summed E-state index contributed by atoms with van der Waals surface area (Å²) in [7, 11) is 0. The molecular weight excluding hydrogens is 360 g/mol. The zero-order valence-electron chi connectivity index (χ0n) is 15.8. The first-order valence-corrected chi connectivity index (χ1v) is 9.17. The zero-order chi connectivity index (χ0) is 20.1. The number of carbonyl (C=O) groups is 3. The number of urea groups is 1. The molecule has 0 radical (unpaired) electrons. The molecule has 1 aliphatic heterocycles. The Labute approximate surface area is 162 Å². The van der Waals surface area contributed by atoms with Crippen LogP contribution in [0.5, 0.6) is 0 Å². The third-order valence-electron chi connectivity index (χ3n) is 4.50. The fraction of sp³-hybridized carbons (Fsp3) is 0.286.